The second kappa shape index (κ2) is 6.65. The van der Waals surface area contributed by atoms with Crippen molar-refractivity contribution in [1.82, 2.24) is 0 Å². The van der Waals surface area contributed by atoms with Crippen LogP contribution in [0.5, 0.6) is 0 Å². The molecule has 0 aliphatic carbocycles. The first-order valence-electron chi connectivity index (χ1n) is 7.12. The molecule has 0 spiro atoms. The van der Waals surface area contributed by atoms with Crippen molar-refractivity contribution in [3.63, 3.8) is 0 Å². The summed E-state index contributed by atoms with van der Waals surface area (Å²) in [5, 5.41) is 3.61. The van der Waals surface area contributed by atoms with Gasteiger partial charge in [0, 0.05) is 21.4 Å². The van der Waals surface area contributed by atoms with Gasteiger partial charge < -0.3 is 5.73 Å². The van der Waals surface area contributed by atoms with Crippen molar-refractivity contribution < 1.29 is 0 Å². The second-order valence-electron chi connectivity index (χ2n) is 5.35. The molecule has 2 N–H and O–H groups in total. The quantitative estimate of drug-likeness (QED) is 0.680. The van der Waals surface area contributed by atoms with Crippen LogP contribution in [0.25, 0.3) is 10.1 Å². The SMILES string of the molecule is Cc1ccc(SCC(N)Cc2csc3ccccc23)cc1. The lowest BCUT2D eigenvalue weighted by Crippen LogP contribution is -2.25. The van der Waals surface area contributed by atoms with E-state index in [0.29, 0.717) is 0 Å². The average Bonchev–Trinajstić information content (AvgIpc) is 2.90. The van der Waals surface area contributed by atoms with Crippen LogP contribution in [0.4, 0.5) is 0 Å². The predicted octanol–water partition coefficient (Wildman–Crippen LogP) is 4.87. The topological polar surface area (TPSA) is 26.0 Å². The smallest absolute Gasteiger partial charge is 0.0345 e. The summed E-state index contributed by atoms with van der Waals surface area (Å²) in [6.45, 7) is 2.11. The van der Waals surface area contributed by atoms with Gasteiger partial charge in [0.1, 0.15) is 0 Å². The highest BCUT2D eigenvalue weighted by Gasteiger charge is 2.09. The van der Waals surface area contributed by atoms with Crippen LogP contribution in [0.2, 0.25) is 0 Å². The largest absolute Gasteiger partial charge is 0.327 e. The van der Waals surface area contributed by atoms with Crippen LogP contribution in [0.1, 0.15) is 11.1 Å². The number of rotatable bonds is 5. The zero-order valence-corrected chi connectivity index (χ0v) is 13.7. The summed E-state index contributed by atoms with van der Waals surface area (Å²) < 4.78 is 1.35. The molecule has 0 saturated carbocycles. The van der Waals surface area contributed by atoms with Crippen LogP contribution in [-0.4, -0.2) is 11.8 Å². The Morgan fingerprint density at radius 1 is 1.10 bits per heavy atom. The van der Waals surface area contributed by atoms with E-state index in [1.807, 2.05) is 23.1 Å². The van der Waals surface area contributed by atoms with Crippen LogP contribution in [-0.2, 0) is 6.42 Å². The summed E-state index contributed by atoms with van der Waals surface area (Å²) in [6.07, 6.45) is 0.947. The van der Waals surface area contributed by atoms with Gasteiger partial charge in [-0.15, -0.1) is 23.1 Å². The summed E-state index contributed by atoms with van der Waals surface area (Å²) in [7, 11) is 0. The molecule has 0 aliphatic heterocycles. The molecule has 0 radical (unpaired) electrons. The van der Waals surface area contributed by atoms with E-state index in [-0.39, 0.29) is 6.04 Å². The third-order valence-corrected chi connectivity index (χ3v) is 5.74. The van der Waals surface area contributed by atoms with E-state index in [9.17, 15) is 0 Å². The molecule has 1 atom stereocenters. The number of hydrogen-bond acceptors (Lipinski definition) is 3. The van der Waals surface area contributed by atoms with Crippen LogP contribution < -0.4 is 5.73 Å². The third kappa shape index (κ3) is 3.67. The molecule has 1 unspecified atom stereocenters. The molecule has 0 fully saturated rings. The lowest BCUT2D eigenvalue weighted by molar-refractivity contribution is 0.754. The van der Waals surface area contributed by atoms with Gasteiger partial charge >= 0.3 is 0 Å². The lowest BCUT2D eigenvalue weighted by Gasteiger charge is -2.11. The van der Waals surface area contributed by atoms with Crippen molar-refractivity contribution in [2.45, 2.75) is 24.3 Å². The van der Waals surface area contributed by atoms with Gasteiger partial charge in [-0.25, -0.2) is 0 Å². The molecule has 0 aliphatic rings. The summed E-state index contributed by atoms with van der Waals surface area (Å²) >= 11 is 3.65. The van der Waals surface area contributed by atoms with Crippen molar-refractivity contribution >= 4 is 33.2 Å². The first kappa shape index (κ1) is 14.6. The molecule has 21 heavy (non-hydrogen) atoms. The minimum atomic E-state index is 0.189. The molecular weight excluding hydrogens is 294 g/mol. The van der Waals surface area contributed by atoms with E-state index in [2.05, 4.69) is 60.8 Å². The summed E-state index contributed by atoms with van der Waals surface area (Å²) in [5.41, 5.74) is 9.00. The van der Waals surface area contributed by atoms with Gasteiger partial charge in [-0.2, -0.15) is 0 Å². The fourth-order valence-electron chi connectivity index (χ4n) is 2.37. The average molecular weight is 313 g/mol. The molecule has 0 bridgehead atoms. The molecule has 3 rings (SSSR count). The highest BCUT2D eigenvalue weighted by molar-refractivity contribution is 7.99. The minimum Gasteiger partial charge on any atom is -0.327 e. The van der Waals surface area contributed by atoms with E-state index < -0.39 is 0 Å². The minimum absolute atomic E-state index is 0.189. The Hall–Kier alpha value is -1.29. The maximum Gasteiger partial charge on any atom is 0.0345 e. The number of aryl methyl sites for hydroxylation is 1. The fourth-order valence-corrected chi connectivity index (χ4v) is 4.20. The van der Waals surface area contributed by atoms with Crippen LogP contribution in [0.3, 0.4) is 0 Å². The maximum absolute atomic E-state index is 6.32. The molecule has 1 heterocycles. The number of thioether (sulfide) groups is 1. The molecule has 2 aromatic carbocycles. The lowest BCUT2D eigenvalue weighted by atomic mass is 10.1. The van der Waals surface area contributed by atoms with Gasteiger partial charge in [-0.1, -0.05) is 35.9 Å². The molecule has 108 valence electrons. The Morgan fingerprint density at radius 3 is 2.67 bits per heavy atom. The Morgan fingerprint density at radius 2 is 1.86 bits per heavy atom. The predicted molar refractivity (Wildman–Crippen MR) is 95.4 cm³/mol. The van der Waals surface area contributed by atoms with E-state index in [4.69, 9.17) is 5.73 Å². The molecule has 0 saturated heterocycles. The summed E-state index contributed by atoms with van der Waals surface area (Å²) in [4.78, 5) is 1.30. The normalized spacial score (nSPS) is 12.7. The summed E-state index contributed by atoms with van der Waals surface area (Å²) in [5.74, 6) is 0.952. The van der Waals surface area contributed by atoms with Gasteiger partial charge in [0.05, 0.1) is 0 Å². The highest BCUT2D eigenvalue weighted by atomic mass is 32.2. The van der Waals surface area contributed by atoms with Gasteiger partial charge in [0.15, 0.2) is 0 Å². The Bertz CT molecular complexity index is 715. The highest BCUT2D eigenvalue weighted by Crippen LogP contribution is 2.27. The molecule has 3 aromatic rings. The van der Waals surface area contributed by atoms with E-state index in [1.165, 1.54) is 26.1 Å². The Kier molecular flexibility index (Phi) is 4.63. The monoisotopic (exact) mass is 313 g/mol. The molecule has 3 heteroatoms. The first-order valence-corrected chi connectivity index (χ1v) is 8.99. The van der Waals surface area contributed by atoms with Crippen molar-refractivity contribution in [1.29, 1.82) is 0 Å². The van der Waals surface area contributed by atoms with Crippen molar-refractivity contribution in [3.05, 3.63) is 65.0 Å². The number of nitrogens with two attached hydrogens (primary N) is 1. The third-order valence-electron chi connectivity index (χ3n) is 3.53. The van der Waals surface area contributed by atoms with E-state index in [1.54, 1.807) is 0 Å². The number of hydrogen-bond donors (Lipinski definition) is 1. The van der Waals surface area contributed by atoms with Crippen LogP contribution in [0.15, 0.2) is 58.8 Å². The van der Waals surface area contributed by atoms with E-state index in [0.717, 1.165) is 12.2 Å². The zero-order valence-electron chi connectivity index (χ0n) is 12.1. The van der Waals surface area contributed by atoms with Crippen LogP contribution in [0, 0.1) is 6.92 Å². The molecule has 1 aromatic heterocycles. The van der Waals surface area contributed by atoms with Crippen LogP contribution >= 0.6 is 23.1 Å². The van der Waals surface area contributed by atoms with E-state index >= 15 is 0 Å². The molecule has 1 nitrogen and oxygen atoms in total. The second-order valence-corrected chi connectivity index (χ2v) is 7.35. The molecular formula is C18H19NS2. The summed E-state index contributed by atoms with van der Waals surface area (Å²) in [6, 6.07) is 17.4. The van der Waals surface area contributed by atoms with Gasteiger partial charge in [0.25, 0.3) is 0 Å². The zero-order chi connectivity index (χ0) is 14.7. The molecule has 0 amide bonds. The number of thiophene rings is 1. The van der Waals surface area contributed by atoms with Crippen molar-refractivity contribution in [3.8, 4) is 0 Å². The van der Waals surface area contributed by atoms with Gasteiger partial charge in [-0.3, -0.25) is 0 Å². The van der Waals surface area contributed by atoms with Crippen molar-refractivity contribution in [2.75, 3.05) is 5.75 Å². The first-order chi connectivity index (χ1) is 10.2. The number of fused-ring (bicyclic) bond motifs is 1. The van der Waals surface area contributed by atoms with Crippen molar-refractivity contribution in [2.24, 2.45) is 5.73 Å². The standard InChI is InChI=1S/C18H19NS2/c1-13-6-8-16(9-7-13)20-12-15(19)10-14-11-21-18-5-3-2-4-17(14)18/h2-9,11,15H,10,12,19H2,1H3. The van der Waals surface area contributed by atoms with Gasteiger partial charge in [0.2, 0.25) is 0 Å². The van der Waals surface area contributed by atoms with Gasteiger partial charge in [-0.05, 0) is 47.9 Å². The Labute approximate surface area is 134 Å². The maximum atomic E-state index is 6.32. The fraction of sp³-hybridized carbons (Fsp3) is 0.222. The Balaban J connectivity index is 1.61. The number of benzene rings is 2.